The number of para-hydroxylation sites is 1. The molecule has 0 spiro atoms. The predicted octanol–water partition coefficient (Wildman–Crippen LogP) is 5.62. The molecule has 10 N–H and O–H groups in total. The number of aliphatic hydroxyl groups is 1. The Kier molecular flexibility index (Phi) is 16.7. The minimum atomic E-state index is -1.30. The van der Waals surface area contributed by atoms with Crippen molar-refractivity contribution in [2.75, 3.05) is 24.6 Å². The van der Waals surface area contributed by atoms with Gasteiger partial charge in [-0.15, -0.1) is 0 Å². The van der Waals surface area contributed by atoms with Crippen molar-refractivity contribution in [1.29, 1.82) is 0 Å². The van der Waals surface area contributed by atoms with E-state index >= 15 is 0 Å². The molecule has 2 fully saturated rings. The second kappa shape index (κ2) is 22.4. The number of pyridine rings is 1. The third-order valence-corrected chi connectivity index (χ3v) is 12.4. The molecular weight excluding hydrogens is 856 g/mol. The van der Waals surface area contributed by atoms with Gasteiger partial charge < -0.3 is 38.3 Å². The maximum Gasteiger partial charge on any atom is 0.270 e. The Labute approximate surface area is 391 Å². The van der Waals surface area contributed by atoms with Gasteiger partial charge in [0.2, 0.25) is 23.7 Å². The van der Waals surface area contributed by atoms with Crippen molar-refractivity contribution in [1.82, 2.24) is 35.8 Å². The first-order chi connectivity index (χ1) is 31.5. The van der Waals surface area contributed by atoms with Gasteiger partial charge in [0.15, 0.2) is 0 Å². The molecule has 3 heterocycles. The average Bonchev–Trinajstić information content (AvgIpc) is 3.28. The van der Waals surface area contributed by atoms with Gasteiger partial charge in [-0.2, -0.15) is 4.98 Å². The molecule has 16 heteroatoms. The van der Waals surface area contributed by atoms with Gasteiger partial charge in [0.25, 0.3) is 5.91 Å². The SMILES string of the molecule is CC(C)(C)NC(=O)[C@@H]1C[C@@H]2CCCC[C@@H]2CN1C[C@@H](O)[C@H](Cc1ccccc1)NC(=O)[C@H](CC(N)=O)NC(=O)c1ccc2ccccc2n1.CCc1nc(N)nc(N)c1-c1ccc(Cl)cc1. The first-order valence-corrected chi connectivity index (χ1v) is 23.1. The molecule has 1 aliphatic carbocycles. The number of nitrogens with zero attached hydrogens (tertiary/aromatic N) is 4. The lowest BCUT2D eigenvalue weighted by molar-refractivity contribution is -0.133. The third kappa shape index (κ3) is 13.5. The van der Waals surface area contributed by atoms with Crippen LogP contribution in [0.15, 0.2) is 91.0 Å². The van der Waals surface area contributed by atoms with E-state index in [0.29, 0.717) is 34.7 Å². The maximum atomic E-state index is 13.8. The van der Waals surface area contributed by atoms with Crippen LogP contribution in [0.3, 0.4) is 0 Å². The summed E-state index contributed by atoms with van der Waals surface area (Å²) in [7, 11) is 0. The van der Waals surface area contributed by atoms with Crippen LogP contribution in [0.2, 0.25) is 5.02 Å². The number of halogens is 1. The number of likely N-dealkylation sites (tertiary alicyclic amines) is 1. The summed E-state index contributed by atoms with van der Waals surface area (Å²) in [5, 5.41) is 22.1. The van der Waals surface area contributed by atoms with E-state index in [1.807, 2.05) is 100 Å². The molecular formula is C50H63ClN10O5. The number of amides is 4. The summed E-state index contributed by atoms with van der Waals surface area (Å²) >= 11 is 5.86. The maximum absolute atomic E-state index is 13.8. The van der Waals surface area contributed by atoms with E-state index in [9.17, 15) is 24.3 Å². The van der Waals surface area contributed by atoms with Gasteiger partial charge in [-0.1, -0.05) is 105 Å². The van der Waals surface area contributed by atoms with E-state index in [0.717, 1.165) is 59.9 Å². The molecule has 6 atom stereocenters. The number of piperidine rings is 1. The van der Waals surface area contributed by atoms with Crippen molar-refractivity contribution >= 4 is 57.9 Å². The zero-order valence-electron chi connectivity index (χ0n) is 38.2. The molecule has 3 aromatic carbocycles. The lowest BCUT2D eigenvalue weighted by atomic mass is 9.72. The number of primary amides is 1. The lowest BCUT2D eigenvalue weighted by Gasteiger charge is -2.47. The second-order valence-corrected chi connectivity index (χ2v) is 18.8. The van der Waals surface area contributed by atoms with Gasteiger partial charge in [0, 0.05) is 34.6 Å². The van der Waals surface area contributed by atoms with Crippen LogP contribution < -0.4 is 33.2 Å². The van der Waals surface area contributed by atoms with Gasteiger partial charge >= 0.3 is 0 Å². The molecule has 0 bridgehead atoms. The molecule has 7 rings (SSSR count). The Morgan fingerprint density at radius 2 is 1.55 bits per heavy atom. The van der Waals surface area contributed by atoms with Crippen molar-refractivity contribution in [3.63, 3.8) is 0 Å². The fourth-order valence-electron chi connectivity index (χ4n) is 9.00. The number of carbonyl (C=O) groups is 4. The molecule has 0 radical (unpaired) electrons. The fourth-order valence-corrected chi connectivity index (χ4v) is 9.12. The topological polar surface area (TPSA) is 245 Å². The first-order valence-electron chi connectivity index (χ1n) is 22.7. The van der Waals surface area contributed by atoms with Gasteiger partial charge in [0.05, 0.1) is 35.8 Å². The highest BCUT2D eigenvalue weighted by Gasteiger charge is 2.42. The lowest BCUT2D eigenvalue weighted by Crippen LogP contribution is -2.61. The summed E-state index contributed by atoms with van der Waals surface area (Å²) in [6, 6.07) is 25.1. The van der Waals surface area contributed by atoms with E-state index in [4.69, 9.17) is 28.8 Å². The quantitative estimate of drug-likeness (QED) is 0.0721. The van der Waals surface area contributed by atoms with Crippen LogP contribution in [0.1, 0.15) is 88.0 Å². The Balaban J connectivity index is 0.000000353. The Morgan fingerprint density at radius 1 is 0.864 bits per heavy atom. The number of benzene rings is 3. The molecule has 1 saturated heterocycles. The fraction of sp³-hybridized carbons (Fsp3) is 0.420. The Hall–Kier alpha value is -6.16. The number of nitrogens with one attached hydrogen (secondary N) is 3. The molecule has 1 aliphatic heterocycles. The average molecular weight is 920 g/mol. The van der Waals surface area contributed by atoms with Gasteiger partial charge in [-0.05, 0) is 93.7 Å². The number of fused-ring (bicyclic) bond motifs is 2. The summed E-state index contributed by atoms with van der Waals surface area (Å²) in [6.07, 6.45) is 4.78. The molecule has 5 aromatic rings. The number of carbonyl (C=O) groups excluding carboxylic acids is 4. The number of hydrogen-bond acceptors (Lipinski definition) is 11. The van der Waals surface area contributed by atoms with E-state index < -0.39 is 53.9 Å². The van der Waals surface area contributed by atoms with Crippen molar-refractivity contribution in [3.05, 3.63) is 113 Å². The molecule has 66 heavy (non-hydrogen) atoms. The largest absolute Gasteiger partial charge is 0.390 e. The van der Waals surface area contributed by atoms with Crippen LogP contribution in [0.25, 0.3) is 22.0 Å². The number of hydrogen-bond donors (Lipinski definition) is 7. The molecule has 4 amide bonds. The second-order valence-electron chi connectivity index (χ2n) is 18.4. The number of β-amino-alcohol motifs (C(OH)–C–C–N with tert-alkyl or cyclic N) is 1. The monoisotopic (exact) mass is 918 g/mol. The third-order valence-electron chi connectivity index (χ3n) is 12.2. The van der Waals surface area contributed by atoms with Crippen LogP contribution in [-0.4, -0.2) is 91.4 Å². The summed E-state index contributed by atoms with van der Waals surface area (Å²) in [5.74, 6) is -0.590. The Morgan fingerprint density at radius 3 is 2.23 bits per heavy atom. The molecule has 2 aromatic heterocycles. The molecule has 15 nitrogen and oxygen atoms in total. The molecule has 2 aliphatic rings. The van der Waals surface area contributed by atoms with Crippen LogP contribution in [0.4, 0.5) is 11.8 Å². The van der Waals surface area contributed by atoms with Crippen LogP contribution in [0, 0.1) is 11.8 Å². The predicted molar refractivity (Wildman–Crippen MR) is 259 cm³/mol. The molecule has 350 valence electrons. The van der Waals surface area contributed by atoms with Crippen molar-refractivity contribution < 1.29 is 24.3 Å². The number of aryl methyl sites for hydroxylation is 1. The number of aliphatic hydroxyl groups excluding tert-OH is 1. The van der Waals surface area contributed by atoms with Crippen LogP contribution in [0.5, 0.6) is 0 Å². The van der Waals surface area contributed by atoms with Crippen LogP contribution in [-0.2, 0) is 27.2 Å². The highest BCUT2D eigenvalue weighted by Crippen LogP contribution is 2.39. The van der Waals surface area contributed by atoms with E-state index in [-0.39, 0.29) is 30.5 Å². The normalized spacial score (nSPS) is 18.7. The number of rotatable bonds is 14. The number of aromatic nitrogens is 3. The highest BCUT2D eigenvalue weighted by atomic mass is 35.5. The summed E-state index contributed by atoms with van der Waals surface area (Å²) in [6.45, 7) is 8.73. The Bertz CT molecular complexity index is 2470. The summed E-state index contributed by atoms with van der Waals surface area (Å²) < 4.78 is 0. The van der Waals surface area contributed by atoms with E-state index in [1.54, 1.807) is 18.2 Å². The first kappa shape index (κ1) is 49.3. The van der Waals surface area contributed by atoms with Crippen molar-refractivity contribution in [2.45, 2.75) is 109 Å². The van der Waals surface area contributed by atoms with Gasteiger partial charge in [-0.25, -0.2) is 9.97 Å². The smallest absolute Gasteiger partial charge is 0.270 e. The number of nitrogens with two attached hydrogens (primary N) is 3. The van der Waals surface area contributed by atoms with E-state index in [1.165, 1.54) is 6.42 Å². The zero-order valence-corrected chi connectivity index (χ0v) is 38.9. The van der Waals surface area contributed by atoms with Crippen molar-refractivity contribution in [2.24, 2.45) is 17.6 Å². The number of nitrogen functional groups attached to an aromatic ring is 2. The minimum Gasteiger partial charge on any atom is -0.390 e. The van der Waals surface area contributed by atoms with Gasteiger partial charge in [-0.3, -0.25) is 24.1 Å². The zero-order chi connectivity index (χ0) is 47.5. The molecule has 1 saturated carbocycles. The minimum absolute atomic E-state index is 0.0566. The van der Waals surface area contributed by atoms with E-state index in [2.05, 4.69) is 35.8 Å². The number of anilines is 2. The van der Waals surface area contributed by atoms with Crippen LogP contribution >= 0.6 is 11.6 Å². The van der Waals surface area contributed by atoms with Crippen molar-refractivity contribution in [3.8, 4) is 11.1 Å². The summed E-state index contributed by atoms with van der Waals surface area (Å²) in [5.41, 5.74) is 20.8. The highest BCUT2D eigenvalue weighted by molar-refractivity contribution is 6.30. The van der Waals surface area contributed by atoms with Gasteiger partial charge in [0.1, 0.15) is 17.6 Å². The molecule has 0 unspecified atom stereocenters. The summed E-state index contributed by atoms with van der Waals surface area (Å²) in [4.78, 5) is 67.5. The standard InChI is InChI=1S/C38H50N6O5.C12H13ClN4/c1-38(2,3)43-37(49)32-20-26-14-7-8-15-27(26)22-44(32)23-33(45)30(19-24-11-5-4-6-12-24)41-36(48)31(21-34(39)46)42-35(47)29-18-17-25-13-9-10-16-28(25)40-29;1-2-9-10(11(14)17-12(15)16-9)7-3-5-8(13)6-4-7/h4-6,9-13,16-18,26-27,30-33,45H,7-8,14-15,19-23H2,1-3H3,(H2,39,46)(H,41,48)(H,42,47)(H,43,49);3-6H,2H2,1H3,(H4,14,15,16,17)/t26-,27+,30-,31-,32-,33+;/m0./s1.